The number of hydrogen-bond donors (Lipinski definition) is 1. The summed E-state index contributed by atoms with van der Waals surface area (Å²) in [4.78, 5) is 22.1. The van der Waals surface area contributed by atoms with Crippen molar-refractivity contribution in [3.05, 3.63) is 71.0 Å². The lowest BCUT2D eigenvalue weighted by Gasteiger charge is -2.02. The number of nitro benzene ring substituents is 1. The number of rotatable bonds is 4. The van der Waals surface area contributed by atoms with Gasteiger partial charge in [-0.3, -0.25) is 14.9 Å². The van der Waals surface area contributed by atoms with Gasteiger partial charge in [0.25, 0.3) is 18.1 Å². The maximum absolute atomic E-state index is 12.0. The van der Waals surface area contributed by atoms with E-state index in [1.807, 2.05) is 24.3 Å². The van der Waals surface area contributed by atoms with Crippen LogP contribution in [-0.2, 0) is 11.3 Å². The monoisotopic (exact) mass is 437 g/mol. The number of amides is 1. The predicted octanol–water partition coefficient (Wildman–Crippen LogP) is 2.69. The Kier molecular flexibility index (Phi) is 5.74. The minimum atomic E-state index is -0.486. The number of carbonyl (C=O) groups excluding carboxylic acids is 1. The molecule has 1 amide bonds. The fraction of sp³-hybridized carbons (Fsp3) is 0.0625. The van der Waals surface area contributed by atoms with Crippen molar-refractivity contribution in [3.63, 3.8) is 0 Å². The molecule has 7 nitrogen and oxygen atoms in total. The molecule has 0 radical (unpaired) electrons. The highest BCUT2D eigenvalue weighted by atomic mass is 127. The van der Waals surface area contributed by atoms with E-state index < -0.39 is 4.92 Å². The molecule has 0 aliphatic heterocycles. The van der Waals surface area contributed by atoms with Gasteiger partial charge in [0, 0.05) is 28.6 Å². The molecular formula is C16H14IN4O3+. The smallest absolute Gasteiger partial charge is 0.292 e. The second-order valence-corrected chi connectivity index (χ2v) is 4.95. The normalized spacial score (nSPS) is 10.0. The molecule has 0 spiro atoms. The lowest BCUT2D eigenvalue weighted by molar-refractivity contribution is -0.740. The number of fused-ring (bicyclic) bond motifs is 1. The van der Waals surface area contributed by atoms with E-state index in [9.17, 15) is 14.9 Å². The standard InChI is InChI=1S/C16H12N4O3.HI/c21-16(18-14-5-7-15(8-6-14)20(22)23)11-19-10-13-4-2-1-3-12(13)9-17-19;/h1-10H,11H2;1H/p+1. The number of nitro groups is 1. The van der Waals surface area contributed by atoms with E-state index in [2.05, 4.69) is 10.4 Å². The van der Waals surface area contributed by atoms with Gasteiger partial charge in [0.15, 0.2) is 0 Å². The number of benzene rings is 2. The molecule has 0 bridgehead atoms. The maximum Gasteiger partial charge on any atom is 0.292 e. The van der Waals surface area contributed by atoms with Crippen LogP contribution in [0.4, 0.5) is 11.4 Å². The Morgan fingerprint density at radius 2 is 1.79 bits per heavy atom. The maximum atomic E-state index is 12.0. The molecular weight excluding hydrogens is 423 g/mol. The van der Waals surface area contributed by atoms with Crippen LogP contribution in [0.15, 0.2) is 60.9 Å². The van der Waals surface area contributed by atoms with E-state index in [0.29, 0.717) is 5.69 Å². The Morgan fingerprint density at radius 3 is 2.46 bits per heavy atom. The molecule has 0 aliphatic rings. The summed E-state index contributed by atoms with van der Waals surface area (Å²) < 4.78 is 1.54. The summed E-state index contributed by atoms with van der Waals surface area (Å²) >= 11 is 0. The Morgan fingerprint density at radius 1 is 1.12 bits per heavy atom. The predicted molar refractivity (Wildman–Crippen MR) is 99.1 cm³/mol. The van der Waals surface area contributed by atoms with Crippen LogP contribution in [0.25, 0.3) is 10.8 Å². The van der Waals surface area contributed by atoms with Crippen LogP contribution in [0.3, 0.4) is 0 Å². The average Bonchev–Trinajstić information content (AvgIpc) is 2.55. The lowest BCUT2D eigenvalue weighted by Crippen LogP contribution is -2.43. The Bertz CT molecular complexity index is 884. The van der Waals surface area contributed by atoms with Crippen LogP contribution in [-0.4, -0.2) is 15.9 Å². The van der Waals surface area contributed by atoms with Crippen molar-refractivity contribution in [1.82, 2.24) is 5.10 Å². The van der Waals surface area contributed by atoms with Gasteiger partial charge in [0.05, 0.1) is 4.92 Å². The first-order valence-corrected chi connectivity index (χ1v) is 6.91. The topological polar surface area (TPSA) is 89.0 Å². The summed E-state index contributed by atoms with van der Waals surface area (Å²) in [6.45, 7) is 0.0574. The molecule has 3 aromatic rings. The van der Waals surface area contributed by atoms with Crippen molar-refractivity contribution in [3.8, 4) is 0 Å². The van der Waals surface area contributed by atoms with Crippen LogP contribution >= 0.6 is 24.0 Å². The average molecular weight is 437 g/mol. The molecule has 0 fully saturated rings. The Hall–Kier alpha value is -2.62. The largest absolute Gasteiger partial charge is 0.321 e. The van der Waals surface area contributed by atoms with Crippen molar-refractivity contribution >= 4 is 52.0 Å². The zero-order chi connectivity index (χ0) is 16.2. The summed E-state index contributed by atoms with van der Waals surface area (Å²) in [5.41, 5.74) is 0.482. The third-order valence-corrected chi connectivity index (χ3v) is 3.30. The quantitative estimate of drug-likeness (QED) is 0.294. The van der Waals surface area contributed by atoms with Crippen molar-refractivity contribution in [2.75, 3.05) is 5.32 Å². The number of nitrogens with one attached hydrogen (secondary N) is 1. The first kappa shape index (κ1) is 17.7. The highest BCUT2D eigenvalue weighted by Gasteiger charge is 2.13. The van der Waals surface area contributed by atoms with Crippen molar-refractivity contribution in [2.24, 2.45) is 0 Å². The highest BCUT2D eigenvalue weighted by molar-refractivity contribution is 14.0. The van der Waals surface area contributed by atoms with Gasteiger partial charge >= 0.3 is 0 Å². The molecule has 0 aliphatic carbocycles. The van der Waals surface area contributed by atoms with Gasteiger partial charge < -0.3 is 5.32 Å². The van der Waals surface area contributed by atoms with E-state index in [1.54, 1.807) is 17.1 Å². The van der Waals surface area contributed by atoms with Gasteiger partial charge in [0.1, 0.15) is 6.20 Å². The molecule has 0 atom stereocenters. The Labute approximate surface area is 154 Å². The van der Waals surface area contributed by atoms with Crippen LogP contribution in [0, 0.1) is 10.1 Å². The molecule has 1 N–H and O–H groups in total. The van der Waals surface area contributed by atoms with Gasteiger partial charge in [-0.05, 0) is 23.3 Å². The second-order valence-electron chi connectivity index (χ2n) is 4.95. The van der Waals surface area contributed by atoms with Crippen LogP contribution < -0.4 is 10.00 Å². The summed E-state index contributed by atoms with van der Waals surface area (Å²) in [6, 6.07) is 13.4. The van der Waals surface area contributed by atoms with Gasteiger partial charge in [0.2, 0.25) is 6.20 Å². The number of anilines is 1. The summed E-state index contributed by atoms with van der Waals surface area (Å²) in [7, 11) is 0. The SMILES string of the molecule is I.O=C(C[n+]1cc2ccccc2cn1)Nc1ccc([N+](=O)[O-])cc1. The second kappa shape index (κ2) is 7.77. The third kappa shape index (κ3) is 4.22. The molecule has 0 saturated heterocycles. The minimum absolute atomic E-state index is 0. The molecule has 0 saturated carbocycles. The lowest BCUT2D eigenvalue weighted by atomic mass is 10.2. The zero-order valence-corrected chi connectivity index (χ0v) is 14.8. The molecule has 3 rings (SSSR count). The Balaban J connectivity index is 0.00000208. The van der Waals surface area contributed by atoms with Gasteiger partial charge in [-0.25, -0.2) is 0 Å². The third-order valence-electron chi connectivity index (χ3n) is 3.30. The van der Waals surface area contributed by atoms with Gasteiger partial charge in [-0.1, -0.05) is 22.9 Å². The number of halogens is 1. The van der Waals surface area contributed by atoms with Gasteiger partial charge in [-0.2, -0.15) is 0 Å². The van der Waals surface area contributed by atoms with Gasteiger partial charge in [-0.15, -0.1) is 24.0 Å². The van der Waals surface area contributed by atoms with E-state index in [0.717, 1.165) is 10.8 Å². The zero-order valence-electron chi connectivity index (χ0n) is 12.5. The fourth-order valence-electron chi connectivity index (χ4n) is 2.18. The minimum Gasteiger partial charge on any atom is -0.321 e. The highest BCUT2D eigenvalue weighted by Crippen LogP contribution is 2.15. The molecule has 1 aromatic heterocycles. The van der Waals surface area contributed by atoms with Crippen molar-refractivity contribution < 1.29 is 14.4 Å². The molecule has 0 unspecified atom stereocenters. The molecule has 2 aromatic carbocycles. The van der Waals surface area contributed by atoms with E-state index in [1.165, 1.54) is 24.3 Å². The van der Waals surface area contributed by atoms with Crippen molar-refractivity contribution in [2.45, 2.75) is 6.54 Å². The van der Waals surface area contributed by atoms with Crippen molar-refractivity contribution in [1.29, 1.82) is 0 Å². The summed E-state index contributed by atoms with van der Waals surface area (Å²) in [5.74, 6) is -0.258. The first-order chi connectivity index (χ1) is 11.1. The number of aromatic nitrogens is 2. The van der Waals surface area contributed by atoms with Crippen LogP contribution in [0.2, 0.25) is 0 Å². The first-order valence-electron chi connectivity index (χ1n) is 6.91. The number of carbonyl (C=O) groups is 1. The fourth-order valence-corrected chi connectivity index (χ4v) is 2.18. The van der Waals surface area contributed by atoms with E-state index in [-0.39, 0.29) is 42.1 Å². The van der Waals surface area contributed by atoms with E-state index in [4.69, 9.17) is 0 Å². The molecule has 122 valence electrons. The number of nitrogens with zero attached hydrogens (tertiary/aromatic N) is 3. The van der Waals surface area contributed by atoms with E-state index >= 15 is 0 Å². The number of hydrogen-bond acceptors (Lipinski definition) is 4. The van der Waals surface area contributed by atoms with Crippen LogP contribution in [0.1, 0.15) is 0 Å². The number of non-ortho nitro benzene ring substituents is 1. The summed E-state index contributed by atoms with van der Waals surface area (Å²) in [6.07, 6.45) is 3.50. The molecule has 1 heterocycles. The summed E-state index contributed by atoms with van der Waals surface area (Å²) in [5, 5.41) is 19.5. The van der Waals surface area contributed by atoms with Crippen LogP contribution in [0.5, 0.6) is 0 Å². The molecule has 8 heteroatoms. The molecule has 24 heavy (non-hydrogen) atoms.